The van der Waals surface area contributed by atoms with Crippen molar-refractivity contribution in [3.8, 4) is 0 Å². The Morgan fingerprint density at radius 2 is 2.30 bits per heavy atom. The van der Waals surface area contributed by atoms with E-state index in [0.29, 0.717) is 23.9 Å². The molecular weight excluding hydrogens is 333 g/mol. The fourth-order valence-corrected chi connectivity index (χ4v) is 3.01. The van der Waals surface area contributed by atoms with Crippen LogP contribution in [0.1, 0.15) is 17.0 Å². The minimum Gasteiger partial charge on any atom is -0.376 e. The molecule has 0 spiro atoms. The van der Waals surface area contributed by atoms with Crippen LogP contribution in [0.25, 0.3) is 0 Å². The fraction of sp³-hybridized carbons (Fsp3) is 0.462. The Morgan fingerprint density at radius 3 is 2.96 bits per heavy atom. The summed E-state index contributed by atoms with van der Waals surface area (Å²) >= 11 is 1.27. The van der Waals surface area contributed by atoms with Crippen LogP contribution in [-0.4, -0.2) is 34.3 Å². The van der Waals surface area contributed by atoms with Gasteiger partial charge in [-0.3, -0.25) is 14.4 Å². The normalized spacial score (nSPS) is 14.6. The lowest BCUT2D eigenvalue weighted by Crippen LogP contribution is -2.31. The number of anilines is 1. The number of carbonyl (C=O) groups is 1. The molecule has 0 saturated carbocycles. The van der Waals surface area contributed by atoms with Gasteiger partial charge in [-0.05, 0) is 0 Å². The topological polar surface area (TPSA) is 60.2 Å². The standard InChI is InChI=1S/C13H13F3N4O2S/c1-19(12-17-3-5-23-12)10(21)6-20-9-2-4-22-7-8(9)11(18-20)13(14,15)16/h3,5H,2,4,6-7H2,1H3. The van der Waals surface area contributed by atoms with Crippen molar-refractivity contribution in [1.29, 1.82) is 0 Å². The third-order valence-electron chi connectivity index (χ3n) is 3.53. The maximum Gasteiger partial charge on any atom is 0.435 e. The highest BCUT2D eigenvalue weighted by Gasteiger charge is 2.40. The van der Waals surface area contributed by atoms with Gasteiger partial charge in [0.1, 0.15) is 6.54 Å². The highest BCUT2D eigenvalue weighted by atomic mass is 32.1. The first-order valence-electron chi connectivity index (χ1n) is 6.77. The van der Waals surface area contributed by atoms with E-state index in [2.05, 4.69) is 10.1 Å². The summed E-state index contributed by atoms with van der Waals surface area (Å²) in [6.07, 6.45) is -2.72. The lowest BCUT2D eigenvalue weighted by molar-refractivity contribution is -0.143. The molecule has 0 bridgehead atoms. The summed E-state index contributed by atoms with van der Waals surface area (Å²) in [6.45, 7) is -0.0956. The molecule has 1 aliphatic rings. The molecule has 0 atom stereocenters. The van der Waals surface area contributed by atoms with E-state index in [0.717, 1.165) is 4.68 Å². The molecular formula is C13H13F3N4O2S. The number of alkyl halides is 3. The molecule has 0 aromatic carbocycles. The molecule has 0 saturated heterocycles. The first-order valence-corrected chi connectivity index (χ1v) is 7.65. The molecule has 0 N–H and O–H groups in total. The number of aromatic nitrogens is 3. The number of carbonyl (C=O) groups excluding carboxylic acids is 1. The molecule has 23 heavy (non-hydrogen) atoms. The predicted molar refractivity (Wildman–Crippen MR) is 76.1 cm³/mol. The smallest absolute Gasteiger partial charge is 0.376 e. The fourth-order valence-electron chi connectivity index (χ4n) is 2.39. The van der Waals surface area contributed by atoms with E-state index in [1.165, 1.54) is 23.3 Å². The minimum atomic E-state index is -4.57. The molecule has 124 valence electrons. The van der Waals surface area contributed by atoms with Crippen molar-refractivity contribution in [2.24, 2.45) is 0 Å². The van der Waals surface area contributed by atoms with Gasteiger partial charge in [-0.15, -0.1) is 11.3 Å². The first-order chi connectivity index (χ1) is 10.9. The Hall–Kier alpha value is -1.94. The summed E-state index contributed by atoms with van der Waals surface area (Å²) < 4.78 is 45.5. The van der Waals surface area contributed by atoms with E-state index in [1.807, 2.05) is 0 Å². The van der Waals surface area contributed by atoms with Gasteiger partial charge in [-0.2, -0.15) is 18.3 Å². The summed E-state index contributed by atoms with van der Waals surface area (Å²) in [5, 5.41) is 5.81. The lowest BCUT2D eigenvalue weighted by Gasteiger charge is -2.17. The summed E-state index contributed by atoms with van der Waals surface area (Å²) in [5.41, 5.74) is -0.546. The van der Waals surface area contributed by atoms with Gasteiger partial charge in [0.2, 0.25) is 5.91 Å². The molecule has 1 amide bonds. The lowest BCUT2D eigenvalue weighted by atomic mass is 10.1. The molecule has 0 radical (unpaired) electrons. The molecule has 2 aromatic heterocycles. The molecule has 2 aromatic rings. The van der Waals surface area contributed by atoms with Crippen molar-refractivity contribution in [2.75, 3.05) is 18.6 Å². The Balaban J connectivity index is 1.88. The van der Waals surface area contributed by atoms with Crippen molar-refractivity contribution in [3.05, 3.63) is 28.5 Å². The number of halogens is 3. The zero-order valence-electron chi connectivity index (χ0n) is 12.1. The number of ether oxygens (including phenoxy) is 1. The summed E-state index contributed by atoms with van der Waals surface area (Å²) in [7, 11) is 1.53. The largest absolute Gasteiger partial charge is 0.435 e. The van der Waals surface area contributed by atoms with Crippen molar-refractivity contribution in [1.82, 2.24) is 14.8 Å². The quantitative estimate of drug-likeness (QED) is 0.854. The maximum atomic E-state index is 13.1. The monoisotopic (exact) mass is 346 g/mol. The van der Waals surface area contributed by atoms with Crippen LogP contribution in [0.3, 0.4) is 0 Å². The van der Waals surface area contributed by atoms with Gasteiger partial charge >= 0.3 is 6.18 Å². The zero-order chi connectivity index (χ0) is 16.6. The van der Waals surface area contributed by atoms with Gasteiger partial charge in [0.15, 0.2) is 10.8 Å². The van der Waals surface area contributed by atoms with E-state index < -0.39 is 11.9 Å². The zero-order valence-corrected chi connectivity index (χ0v) is 12.9. The van der Waals surface area contributed by atoms with Gasteiger partial charge < -0.3 is 4.74 Å². The van der Waals surface area contributed by atoms with Gasteiger partial charge in [-0.25, -0.2) is 4.98 Å². The number of hydrogen-bond donors (Lipinski definition) is 0. The van der Waals surface area contributed by atoms with E-state index in [-0.39, 0.29) is 24.6 Å². The Morgan fingerprint density at radius 1 is 1.52 bits per heavy atom. The third kappa shape index (κ3) is 3.08. The molecule has 3 heterocycles. The van der Waals surface area contributed by atoms with Gasteiger partial charge in [0.25, 0.3) is 0 Å². The number of rotatable bonds is 3. The van der Waals surface area contributed by atoms with Crippen LogP contribution in [-0.2, 0) is 35.3 Å². The molecule has 0 fully saturated rings. The molecule has 0 unspecified atom stereocenters. The second-order valence-electron chi connectivity index (χ2n) is 5.00. The van der Waals surface area contributed by atoms with Crippen molar-refractivity contribution in [2.45, 2.75) is 25.7 Å². The SMILES string of the molecule is CN(C(=O)Cn1nc(C(F)(F)F)c2c1CCOC2)c1nccs1. The van der Waals surface area contributed by atoms with Gasteiger partial charge in [0, 0.05) is 36.3 Å². The second-order valence-corrected chi connectivity index (χ2v) is 5.87. The van der Waals surface area contributed by atoms with Gasteiger partial charge in [0.05, 0.1) is 13.2 Å². The number of fused-ring (bicyclic) bond motifs is 1. The molecule has 6 nitrogen and oxygen atoms in total. The Labute approximate surface area is 133 Å². The Kier molecular flexibility index (Phi) is 4.11. The highest BCUT2D eigenvalue weighted by Crippen LogP contribution is 2.34. The summed E-state index contributed by atoms with van der Waals surface area (Å²) in [6, 6.07) is 0. The van der Waals surface area contributed by atoms with Crippen LogP contribution >= 0.6 is 11.3 Å². The number of amides is 1. The van der Waals surface area contributed by atoms with Crippen LogP contribution in [0.15, 0.2) is 11.6 Å². The van der Waals surface area contributed by atoms with E-state index in [1.54, 1.807) is 11.6 Å². The van der Waals surface area contributed by atoms with Crippen LogP contribution in [0, 0.1) is 0 Å². The highest BCUT2D eigenvalue weighted by molar-refractivity contribution is 7.13. The number of nitrogens with zero attached hydrogens (tertiary/aromatic N) is 4. The minimum absolute atomic E-state index is 0.0217. The molecule has 1 aliphatic heterocycles. The summed E-state index contributed by atoms with van der Waals surface area (Å²) in [5.74, 6) is -0.384. The van der Waals surface area contributed by atoms with E-state index in [9.17, 15) is 18.0 Å². The van der Waals surface area contributed by atoms with Gasteiger partial charge in [-0.1, -0.05) is 0 Å². The average Bonchev–Trinajstić information content (AvgIpc) is 3.14. The molecule has 0 aliphatic carbocycles. The summed E-state index contributed by atoms with van der Waals surface area (Å²) in [4.78, 5) is 17.6. The van der Waals surface area contributed by atoms with Crippen LogP contribution < -0.4 is 4.90 Å². The van der Waals surface area contributed by atoms with Crippen molar-refractivity contribution >= 4 is 22.4 Å². The number of thiazole rings is 1. The number of likely N-dealkylation sites (N-methyl/N-ethyl adjacent to an activating group) is 1. The van der Waals surface area contributed by atoms with E-state index in [4.69, 9.17) is 4.74 Å². The van der Waals surface area contributed by atoms with Crippen molar-refractivity contribution < 1.29 is 22.7 Å². The predicted octanol–water partition coefficient (Wildman–Crippen LogP) is 2.09. The number of hydrogen-bond acceptors (Lipinski definition) is 5. The van der Waals surface area contributed by atoms with Crippen LogP contribution in [0.5, 0.6) is 0 Å². The van der Waals surface area contributed by atoms with Crippen LogP contribution in [0.4, 0.5) is 18.3 Å². The van der Waals surface area contributed by atoms with E-state index >= 15 is 0 Å². The maximum absolute atomic E-state index is 13.1. The van der Waals surface area contributed by atoms with Crippen LogP contribution in [0.2, 0.25) is 0 Å². The Bertz CT molecular complexity index is 712. The first kappa shape index (κ1) is 15.9. The average molecular weight is 346 g/mol. The third-order valence-corrected chi connectivity index (χ3v) is 4.38. The van der Waals surface area contributed by atoms with Crippen molar-refractivity contribution in [3.63, 3.8) is 0 Å². The molecule has 3 rings (SSSR count). The molecule has 10 heteroatoms. The second kappa shape index (κ2) is 5.93.